The van der Waals surface area contributed by atoms with Crippen molar-refractivity contribution in [1.82, 2.24) is 0 Å². The molecule has 74 valence electrons. The number of carbonyl (C=O) groups excluding carboxylic acids is 2. The van der Waals surface area contributed by atoms with Gasteiger partial charge in [-0.15, -0.1) is 0 Å². The first-order valence-corrected chi connectivity index (χ1v) is 4.55. The van der Waals surface area contributed by atoms with Gasteiger partial charge >= 0.3 is 0 Å². The zero-order chi connectivity index (χ0) is 10.7. The zero-order valence-corrected chi connectivity index (χ0v) is 8.89. The number of nitrogens with one attached hydrogen (secondary N) is 1. The summed E-state index contributed by atoms with van der Waals surface area (Å²) in [6.45, 7) is 1.32. The van der Waals surface area contributed by atoms with Crippen molar-refractivity contribution in [2.75, 3.05) is 5.32 Å². The van der Waals surface area contributed by atoms with Gasteiger partial charge in [0.25, 0.3) is 0 Å². The van der Waals surface area contributed by atoms with Crippen molar-refractivity contribution < 1.29 is 14.0 Å². The van der Waals surface area contributed by atoms with Crippen LogP contribution in [0.15, 0.2) is 16.6 Å². The van der Waals surface area contributed by atoms with Crippen LogP contribution in [-0.4, -0.2) is 12.2 Å². The summed E-state index contributed by atoms with van der Waals surface area (Å²) < 4.78 is 13.5. The monoisotopic (exact) mass is 259 g/mol. The summed E-state index contributed by atoms with van der Waals surface area (Å²) in [6, 6.07) is 2.41. The van der Waals surface area contributed by atoms with Gasteiger partial charge in [0, 0.05) is 11.4 Å². The third-order valence-corrected chi connectivity index (χ3v) is 2.18. The minimum absolute atomic E-state index is 0.0500. The Hall–Kier alpha value is -1.23. The van der Waals surface area contributed by atoms with E-state index in [4.69, 9.17) is 0 Å². The highest BCUT2D eigenvalue weighted by Crippen LogP contribution is 2.25. The Labute approximate surface area is 88.4 Å². The van der Waals surface area contributed by atoms with Crippen LogP contribution in [0.3, 0.4) is 0 Å². The van der Waals surface area contributed by atoms with Crippen molar-refractivity contribution in [2.45, 2.75) is 6.92 Å². The number of rotatable bonds is 2. The number of carbonyl (C=O) groups is 2. The first-order chi connectivity index (χ1) is 6.54. The maximum absolute atomic E-state index is 13.1. The van der Waals surface area contributed by atoms with Crippen molar-refractivity contribution in [3.63, 3.8) is 0 Å². The highest BCUT2D eigenvalue weighted by Gasteiger charge is 2.08. The zero-order valence-electron chi connectivity index (χ0n) is 7.30. The molecule has 5 heteroatoms. The van der Waals surface area contributed by atoms with Crippen LogP contribution in [0.2, 0.25) is 0 Å². The molecule has 1 rings (SSSR count). The SMILES string of the molecule is CC(=O)Nc1cc(F)c(C=O)cc1Br. The molecule has 0 aliphatic rings. The molecule has 1 aromatic rings. The lowest BCUT2D eigenvalue weighted by Gasteiger charge is -2.06. The summed E-state index contributed by atoms with van der Waals surface area (Å²) in [5.74, 6) is -0.962. The summed E-state index contributed by atoms with van der Waals surface area (Å²) in [4.78, 5) is 21.1. The van der Waals surface area contributed by atoms with Crippen LogP contribution in [0, 0.1) is 5.82 Å². The molecule has 0 aliphatic carbocycles. The summed E-state index contributed by atoms with van der Waals surface area (Å²) in [6.07, 6.45) is 0.414. The fourth-order valence-corrected chi connectivity index (χ4v) is 1.40. The summed E-state index contributed by atoms with van der Waals surface area (Å²) in [5.41, 5.74) is 0.256. The largest absolute Gasteiger partial charge is 0.325 e. The molecule has 0 radical (unpaired) electrons. The van der Waals surface area contributed by atoms with Crippen LogP contribution in [0.4, 0.5) is 10.1 Å². The number of aldehydes is 1. The van der Waals surface area contributed by atoms with Gasteiger partial charge in [0.05, 0.1) is 11.3 Å². The van der Waals surface area contributed by atoms with E-state index >= 15 is 0 Å². The van der Waals surface area contributed by atoms with Crippen molar-refractivity contribution in [2.24, 2.45) is 0 Å². The van der Waals surface area contributed by atoms with E-state index in [2.05, 4.69) is 21.2 Å². The van der Waals surface area contributed by atoms with E-state index in [9.17, 15) is 14.0 Å². The fraction of sp³-hybridized carbons (Fsp3) is 0.111. The lowest BCUT2D eigenvalue weighted by Crippen LogP contribution is -2.07. The molecule has 1 amide bonds. The fourth-order valence-electron chi connectivity index (χ4n) is 0.938. The number of halogens is 2. The summed E-state index contributed by atoms with van der Waals surface area (Å²) in [5, 5.41) is 2.42. The lowest BCUT2D eigenvalue weighted by atomic mass is 10.2. The van der Waals surface area contributed by atoms with Crippen molar-refractivity contribution in [1.29, 1.82) is 0 Å². The van der Waals surface area contributed by atoms with Crippen LogP contribution < -0.4 is 5.32 Å². The Balaban J connectivity index is 3.14. The molecule has 0 heterocycles. The van der Waals surface area contributed by atoms with E-state index in [1.807, 2.05) is 0 Å². The second kappa shape index (κ2) is 4.32. The predicted molar refractivity (Wildman–Crippen MR) is 53.8 cm³/mol. The first kappa shape index (κ1) is 10.8. The first-order valence-electron chi connectivity index (χ1n) is 3.76. The number of anilines is 1. The summed E-state index contributed by atoms with van der Waals surface area (Å²) >= 11 is 3.11. The molecular formula is C9H7BrFNO2. The molecule has 0 saturated carbocycles. The molecular weight excluding hydrogens is 253 g/mol. The predicted octanol–water partition coefficient (Wildman–Crippen LogP) is 2.36. The average molecular weight is 260 g/mol. The molecule has 3 nitrogen and oxygen atoms in total. The molecule has 0 spiro atoms. The Morgan fingerprint density at radius 1 is 1.57 bits per heavy atom. The second-order valence-electron chi connectivity index (χ2n) is 2.65. The molecule has 1 N–H and O–H groups in total. The average Bonchev–Trinajstić information content (AvgIpc) is 2.10. The van der Waals surface area contributed by atoms with Gasteiger partial charge in [-0.1, -0.05) is 0 Å². The van der Waals surface area contributed by atoms with E-state index in [0.717, 1.165) is 6.07 Å². The molecule has 0 aromatic heterocycles. The van der Waals surface area contributed by atoms with Crippen LogP contribution in [0.25, 0.3) is 0 Å². The molecule has 0 aliphatic heterocycles. The van der Waals surface area contributed by atoms with E-state index in [0.29, 0.717) is 16.4 Å². The van der Waals surface area contributed by atoms with Crippen molar-refractivity contribution in [3.8, 4) is 0 Å². The van der Waals surface area contributed by atoms with Gasteiger partial charge < -0.3 is 5.32 Å². The number of benzene rings is 1. The molecule has 14 heavy (non-hydrogen) atoms. The minimum Gasteiger partial charge on any atom is -0.325 e. The lowest BCUT2D eigenvalue weighted by molar-refractivity contribution is -0.114. The smallest absolute Gasteiger partial charge is 0.221 e. The third-order valence-electron chi connectivity index (χ3n) is 1.52. The minimum atomic E-state index is -0.660. The van der Waals surface area contributed by atoms with Gasteiger partial charge in [-0.25, -0.2) is 4.39 Å². The maximum Gasteiger partial charge on any atom is 0.221 e. The Morgan fingerprint density at radius 2 is 2.21 bits per heavy atom. The van der Waals surface area contributed by atoms with E-state index in [1.54, 1.807) is 0 Å². The van der Waals surface area contributed by atoms with Gasteiger partial charge in [-0.2, -0.15) is 0 Å². The van der Waals surface area contributed by atoms with Crippen molar-refractivity contribution in [3.05, 3.63) is 28.0 Å². The van der Waals surface area contributed by atoms with Gasteiger partial charge in [0.1, 0.15) is 5.82 Å². The topological polar surface area (TPSA) is 46.2 Å². The molecule has 0 atom stereocenters. The van der Waals surface area contributed by atoms with Crippen LogP contribution in [0.1, 0.15) is 17.3 Å². The number of hydrogen-bond acceptors (Lipinski definition) is 2. The Bertz CT molecular complexity index is 393. The number of hydrogen-bond donors (Lipinski definition) is 1. The molecule has 1 aromatic carbocycles. The summed E-state index contributed by atoms with van der Waals surface area (Å²) in [7, 11) is 0. The highest BCUT2D eigenvalue weighted by atomic mass is 79.9. The quantitative estimate of drug-likeness (QED) is 0.829. The standard InChI is InChI=1S/C9H7BrFNO2/c1-5(14)12-9-3-8(11)6(4-13)2-7(9)10/h2-4H,1H3,(H,12,14). The molecule has 0 unspecified atom stereocenters. The Morgan fingerprint density at radius 3 is 2.71 bits per heavy atom. The van der Waals surface area contributed by atoms with Crippen LogP contribution >= 0.6 is 15.9 Å². The number of amides is 1. The van der Waals surface area contributed by atoms with Gasteiger partial charge in [-0.3, -0.25) is 9.59 Å². The van der Waals surface area contributed by atoms with Crippen molar-refractivity contribution >= 4 is 33.8 Å². The van der Waals surface area contributed by atoms with Crippen LogP contribution in [-0.2, 0) is 4.79 Å². The molecule has 0 saturated heterocycles. The van der Waals surface area contributed by atoms with E-state index in [-0.39, 0.29) is 11.5 Å². The Kier molecular flexibility index (Phi) is 3.35. The van der Waals surface area contributed by atoms with E-state index in [1.165, 1.54) is 13.0 Å². The van der Waals surface area contributed by atoms with Crippen LogP contribution in [0.5, 0.6) is 0 Å². The molecule has 0 fully saturated rings. The maximum atomic E-state index is 13.1. The molecule has 0 bridgehead atoms. The highest BCUT2D eigenvalue weighted by molar-refractivity contribution is 9.10. The second-order valence-corrected chi connectivity index (χ2v) is 3.51. The van der Waals surface area contributed by atoms with E-state index < -0.39 is 5.82 Å². The van der Waals surface area contributed by atoms with Gasteiger partial charge in [-0.05, 0) is 28.1 Å². The third kappa shape index (κ3) is 2.38. The van der Waals surface area contributed by atoms with Gasteiger partial charge in [0.15, 0.2) is 6.29 Å². The normalized spacial score (nSPS) is 9.64. The van der Waals surface area contributed by atoms with Gasteiger partial charge in [0.2, 0.25) is 5.91 Å².